The lowest BCUT2D eigenvalue weighted by Crippen LogP contribution is -2.65. The van der Waals surface area contributed by atoms with Gasteiger partial charge in [-0.25, -0.2) is 0 Å². The van der Waals surface area contributed by atoms with Gasteiger partial charge in [0.25, 0.3) is 0 Å². The molecule has 404 valence electrons. The van der Waals surface area contributed by atoms with Gasteiger partial charge in [0, 0.05) is 6.42 Å². The van der Waals surface area contributed by atoms with Gasteiger partial charge in [-0.05, 0) is 44.9 Å². The summed E-state index contributed by atoms with van der Waals surface area (Å²) < 4.78 is 22.7. The molecule has 2 aliphatic heterocycles. The van der Waals surface area contributed by atoms with Crippen molar-refractivity contribution >= 4 is 5.91 Å². The highest BCUT2D eigenvalue weighted by Crippen LogP contribution is 2.30. The van der Waals surface area contributed by atoms with Crippen molar-refractivity contribution in [2.75, 3.05) is 19.8 Å². The summed E-state index contributed by atoms with van der Waals surface area (Å²) in [6, 6.07) is -0.934. The third-order valence-electron chi connectivity index (χ3n) is 13.6. The Balaban J connectivity index is 1.78. The van der Waals surface area contributed by atoms with Crippen LogP contribution < -0.4 is 5.32 Å². The van der Waals surface area contributed by atoms with Crippen LogP contribution in [0.4, 0.5) is 0 Å². The molecular formula is C55H101NO13. The lowest BCUT2D eigenvalue weighted by atomic mass is 9.97. The number of rotatable bonds is 43. The van der Waals surface area contributed by atoms with Crippen molar-refractivity contribution in [1.29, 1.82) is 0 Å². The average molecular weight is 984 g/mol. The van der Waals surface area contributed by atoms with Crippen molar-refractivity contribution < 1.29 is 64.6 Å². The second-order valence-corrected chi connectivity index (χ2v) is 19.7. The van der Waals surface area contributed by atoms with Gasteiger partial charge in [-0.15, -0.1) is 0 Å². The van der Waals surface area contributed by atoms with E-state index in [-0.39, 0.29) is 18.9 Å². The van der Waals surface area contributed by atoms with E-state index in [1.165, 1.54) is 135 Å². The molecule has 0 radical (unpaired) electrons. The van der Waals surface area contributed by atoms with Crippen LogP contribution in [0, 0.1) is 0 Å². The highest BCUT2D eigenvalue weighted by atomic mass is 16.7. The van der Waals surface area contributed by atoms with Gasteiger partial charge in [-0.3, -0.25) is 4.79 Å². The molecule has 0 bridgehead atoms. The Hall–Kier alpha value is -1.79. The predicted molar refractivity (Wildman–Crippen MR) is 272 cm³/mol. The molecule has 0 saturated carbocycles. The number of aliphatic hydroxyl groups is 8. The normalized spacial score (nSPS) is 26.4. The molecule has 2 heterocycles. The Kier molecular flexibility index (Phi) is 38.2. The number of unbranched alkanes of at least 4 members (excludes halogenated alkanes) is 26. The van der Waals surface area contributed by atoms with Crippen molar-refractivity contribution in [1.82, 2.24) is 5.32 Å². The van der Waals surface area contributed by atoms with Crippen LogP contribution in [0.1, 0.15) is 213 Å². The van der Waals surface area contributed by atoms with E-state index >= 15 is 0 Å². The minimum Gasteiger partial charge on any atom is -0.394 e. The molecule has 2 aliphatic rings. The Labute approximate surface area is 417 Å². The van der Waals surface area contributed by atoms with Crippen LogP contribution in [0.15, 0.2) is 36.5 Å². The quantitative estimate of drug-likeness (QED) is 0.0207. The number of nitrogens with one attached hydrogen (secondary N) is 1. The van der Waals surface area contributed by atoms with Crippen LogP contribution in [0.3, 0.4) is 0 Å². The fourth-order valence-electron chi connectivity index (χ4n) is 9.03. The molecule has 14 nitrogen and oxygen atoms in total. The molecule has 9 N–H and O–H groups in total. The number of hydrogen-bond donors (Lipinski definition) is 9. The van der Waals surface area contributed by atoms with E-state index in [0.717, 1.165) is 44.9 Å². The summed E-state index contributed by atoms with van der Waals surface area (Å²) in [4.78, 5) is 13.2. The second kappa shape index (κ2) is 41.7. The van der Waals surface area contributed by atoms with Gasteiger partial charge in [0.2, 0.25) is 5.91 Å². The number of carbonyl (C=O) groups is 1. The van der Waals surface area contributed by atoms with E-state index < -0.39 is 86.8 Å². The number of amides is 1. The van der Waals surface area contributed by atoms with Crippen LogP contribution >= 0.6 is 0 Å². The van der Waals surface area contributed by atoms with Gasteiger partial charge in [-0.2, -0.15) is 0 Å². The summed E-state index contributed by atoms with van der Waals surface area (Å²) in [5.74, 6) is -0.252. The third kappa shape index (κ3) is 28.3. The first kappa shape index (κ1) is 63.3. The maximum Gasteiger partial charge on any atom is 0.220 e. The minimum absolute atomic E-state index is 0.252. The van der Waals surface area contributed by atoms with Gasteiger partial charge in [-0.1, -0.05) is 198 Å². The van der Waals surface area contributed by atoms with E-state index in [9.17, 15) is 45.6 Å². The third-order valence-corrected chi connectivity index (χ3v) is 13.6. The van der Waals surface area contributed by atoms with Crippen LogP contribution in [-0.2, 0) is 23.7 Å². The lowest BCUT2D eigenvalue weighted by Gasteiger charge is -2.46. The molecule has 12 unspecified atom stereocenters. The molecular weight excluding hydrogens is 883 g/mol. The van der Waals surface area contributed by atoms with Gasteiger partial charge < -0.3 is 65.1 Å². The molecule has 0 aromatic rings. The number of allylic oxidation sites excluding steroid dienone is 5. The molecule has 12 atom stereocenters. The second-order valence-electron chi connectivity index (χ2n) is 19.7. The molecule has 2 fully saturated rings. The van der Waals surface area contributed by atoms with Crippen molar-refractivity contribution in [2.45, 2.75) is 286 Å². The topological polar surface area (TPSA) is 228 Å². The lowest BCUT2D eigenvalue weighted by molar-refractivity contribution is -0.359. The first-order chi connectivity index (χ1) is 33.6. The number of ether oxygens (including phenoxy) is 4. The van der Waals surface area contributed by atoms with E-state index in [0.29, 0.717) is 12.8 Å². The largest absolute Gasteiger partial charge is 0.394 e. The van der Waals surface area contributed by atoms with E-state index in [4.69, 9.17) is 18.9 Å². The summed E-state index contributed by atoms with van der Waals surface area (Å²) in [6.07, 6.45) is 31.9. The maximum atomic E-state index is 13.2. The van der Waals surface area contributed by atoms with Crippen LogP contribution in [0.2, 0.25) is 0 Å². The first-order valence-electron chi connectivity index (χ1n) is 27.7. The monoisotopic (exact) mass is 984 g/mol. The molecule has 1 amide bonds. The summed E-state index contributed by atoms with van der Waals surface area (Å²) >= 11 is 0. The fraction of sp³-hybridized carbons (Fsp3) is 0.873. The van der Waals surface area contributed by atoms with E-state index in [1.807, 2.05) is 6.08 Å². The zero-order valence-corrected chi connectivity index (χ0v) is 43.1. The summed E-state index contributed by atoms with van der Waals surface area (Å²) in [7, 11) is 0. The van der Waals surface area contributed by atoms with E-state index in [1.54, 1.807) is 6.08 Å². The molecule has 0 spiro atoms. The van der Waals surface area contributed by atoms with Crippen molar-refractivity contribution in [3.63, 3.8) is 0 Å². The zero-order chi connectivity index (χ0) is 50.3. The highest BCUT2D eigenvalue weighted by molar-refractivity contribution is 5.76. The minimum atomic E-state index is -1.79. The maximum absolute atomic E-state index is 13.2. The standard InChI is InChI=1S/C55H101NO13/c1-3-5-7-9-11-13-15-17-18-19-20-21-22-23-24-25-27-29-31-33-35-37-39-47(60)56-43(44(59)38-36-34-32-30-28-26-16-14-12-10-8-6-4-2)42-66-54-52(65)50(63)53(46(41-58)68-54)69-55-51(64)49(62)48(61)45(40-57)67-55/h12,14,28,30,36,38,43-46,48-55,57-59,61-65H,3-11,13,15-27,29,31-35,37,39-42H2,1-2H3,(H,56,60)/b14-12+,30-28+,38-36+. The van der Waals surface area contributed by atoms with Crippen LogP contribution in [-0.4, -0.2) is 140 Å². The molecule has 69 heavy (non-hydrogen) atoms. The molecule has 2 saturated heterocycles. The summed E-state index contributed by atoms with van der Waals surface area (Å²) in [5.41, 5.74) is 0. The van der Waals surface area contributed by atoms with Crippen molar-refractivity contribution in [2.24, 2.45) is 0 Å². The number of carbonyl (C=O) groups excluding carboxylic acids is 1. The number of hydrogen-bond acceptors (Lipinski definition) is 13. The molecule has 2 rings (SSSR count). The smallest absolute Gasteiger partial charge is 0.220 e. The van der Waals surface area contributed by atoms with Gasteiger partial charge in [0.15, 0.2) is 12.6 Å². The van der Waals surface area contributed by atoms with Crippen LogP contribution in [0.25, 0.3) is 0 Å². The first-order valence-corrected chi connectivity index (χ1v) is 27.7. The van der Waals surface area contributed by atoms with Gasteiger partial charge >= 0.3 is 0 Å². The molecule has 0 aromatic heterocycles. The van der Waals surface area contributed by atoms with Crippen molar-refractivity contribution in [3.8, 4) is 0 Å². The van der Waals surface area contributed by atoms with Crippen molar-refractivity contribution in [3.05, 3.63) is 36.5 Å². The predicted octanol–water partition coefficient (Wildman–Crippen LogP) is 8.27. The molecule has 0 aliphatic carbocycles. The summed E-state index contributed by atoms with van der Waals surface area (Å²) in [5, 5.41) is 86.8. The summed E-state index contributed by atoms with van der Waals surface area (Å²) in [6.45, 7) is 2.74. The fourth-order valence-corrected chi connectivity index (χ4v) is 9.03. The Bertz CT molecular complexity index is 1300. The number of aliphatic hydroxyl groups excluding tert-OH is 8. The van der Waals surface area contributed by atoms with Crippen LogP contribution in [0.5, 0.6) is 0 Å². The Morgan fingerprint density at radius 3 is 1.42 bits per heavy atom. The van der Waals surface area contributed by atoms with Gasteiger partial charge in [0.05, 0.1) is 32.0 Å². The zero-order valence-electron chi connectivity index (χ0n) is 43.1. The average Bonchev–Trinajstić information content (AvgIpc) is 3.35. The van der Waals surface area contributed by atoms with E-state index in [2.05, 4.69) is 43.5 Å². The Morgan fingerprint density at radius 1 is 0.507 bits per heavy atom. The Morgan fingerprint density at radius 2 is 0.928 bits per heavy atom. The highest BCUT2D eigenvalue weighted by Gasteiger charge is 2.51. The molecule has 0 aromatic carbocycles. The van der Waals surface area contributed by atoms with Gasteiger partial charge in [0.1, 0.15) is 48.8 Å². The molecule has 14 heteroatoms. The SMILES string of the molecule is CCCCC/C=C/CC/C=C/CC/C=C/C(O)C(COC1OC(CO)C(OC2OC(CO)C(O)C(O)C2O)C(O)C1O)NC(=O)CCCCCCCCCCCCCCCCCCCCCCCC.